The van der Waals surface area contributed by atoms with Gasteiger partial charge in [0.25, 0.3) is 0 Å². The van der Waals surface area contributed by atoms with Crippen molar-refractivity contribution in [2.45, 2.75) is 32.2 Å². The van der Waals surface area contributed by atoms with Gasteiger partial charge in [0.2, 0.25) is 0 Å². The van der Waals surface area contributed by atoms with Crippen LogP contribution in [0.3, 0.4) is 0 Å². The first-order valence-corrected chi connectivity index (χ1v) is 10.1. The highest BCUT2D eigenvalue weighted by Gasteiger charge is 2.22. The summed E-state index contributed by atoms with van der Waals surface area (Å²) in [6.07, 6.45) is 5.50. The van der Waals surface area contributed by atoms with E-state index >= 15 is 0 Å². The lowest BCUT2D eigenvalue weighted by molar-refractivity contribution is 0.172. The molecule has 2 aliphatic rings. The van der Waals surface area contributed by atoms with Gasteiger partial charge in [-0.3, -0.25) is 9.89 Å². The Morgan fingerprint density at radius 3 is 2.48 bits per heavy atom. The first-order chi connectivity index (χ1) is 13.2. The lowest BCUT2D eigenvalue weighted by Crippen LogP contribution is -2.52. The molecule has 6 nitrogen and oxygen atoms in total. The molecule has 0 aromatic heterocycles. The quantitative estimate of drug-likeness (QED) is 0.431. The van der Waals surface area contributed by atoms with Crippen LogP contribution in [0.15, 0.2) is 23.2 Å². The van der Waals surface area contributed by atoms with Crippen LogP contribution in [-0.2, 0) is 6.54 Å². The number of hydrogen-bond acceptors (Lipinski definition) is 4. The number of methoxy groups -OCH3 is 2. The molecule has 1 saturated carbocycles. The molecular formula is C21H34N4O2. The molecule has 0 radical (unpaired) electrons. The third kappa shape index (κ3) is 5.76. The summed E-state index contributed by atoms with van der Waals surface area (Å²) in [7, 11) is 5.24. The van der Waals surface area contributed by atoms with E-state index in [1.54, 1.807) is 14.2 Å². The van der Waals surface area contributed by atoms with Crippen LogP contribution >= 0.6 is 0 Å². The Hall–Kier alpha value is -1.95. The third-order valence-electron chi connectivity index (χ3n) is 5.51. The van der Waals surface area contributed by atoms with E-state index in [2.05, 4.69) is 32.2 Å². The maximum atomic E-state index is 5.42. The molecule has 0 bridgehead atoms. The zero-order valence-corrected chi connectivity index (χ0v) is 17.0. The van der Waals surface area contributed by atoms with Gasteiger partial charge in [-0.25, -0.2) is 0 Å². The summed E-state index contributed by atoms with van der Waals surface area (Å²) in [6.45, 7) is 6.07. The lowest BCUT2D eigenvalue weighted by atomic mass is 10.1. The average molecular weight is 375 g/mol. The molecule has 150 valence electrons. The maximum Gasteiger partial charge on any atom is 0.193 e. The molecule has 0 atom stereocenters. The minimum Gasteiger partial charge on any atom is -0.493 e. The number of nitrogens with one attached hydrogen (secondary N) is 1. The van der Waals surface area contributed by atoms with Gasteiger partial charge < -0.3 is 19.7 Å². The normalized spacial score (nSPS) is 18.5. The monoisotopic (exact) mass is 374 g/mol. The standard InChI is InChI=1S/C21H34N4O2/c1-22-21(23-10-4-5-17-6-7-17)25-13-11-24(12-14-25)16-18-8-9-19(26-2)20(15-18)27-3/h8-9,15,17H,4-7,10-14,16H2,1-3H3,(H,22,23). The maximum absolute atomic E-state index is 5.42. The number of piperazine rings is 1. The highest BCUT2D eigenvalue weighted by molar-refractivity contribution is 5.79. The largest absolute Gasteiger partial charge is 0.493 e. The van der Waals surface area contributed by atoms with Crippen LogP contribution in [0.4, 0.5) is 0 Å². The van der Waals surface area contributed by atoms with Gasteiger partial charge in [0.05, 0.1) is 14.2 Å². The van der Waals surface area contributed by atoms with Crippen LogP contribution in [0.2, 0.25) is 0 Å². The molecule has 1 saturated heterocycles. The second kappa shape index (κ2) is 9.83. The molecule has 1 aromatic rings. The Morgan fingerprint density at radius 2 is 1.85 bits per heavy atom. The van der Waals surface area contributed by atoms with Crippen molar-refractivity contribution in [2.75, 3.05) is 54.0 Å². The molecule has 0 unspecified atom stereocenters. The van der Waals surface area contributed by atoms with Gasteiger partial charge in [-0.1, -0.05) is 18.9 Å². The molecule has 27 heavy (non-hydrogen) atoms. The predicted molar refractivity (Wildman–Crippen MR) is 110 cm³/mol. The fraction of sp³-hybridized carbons (Fsp3) is 0.667. The van der Waals surface area contributed by atoms with Crippen LogP contribution in [0, 0.1) is 5.92 Å². The van der Waals surface area contributed by atoms with Gasteiger partial charge in [-0.2, -0.15) is 0 Å². The van der Waals surface area contributed by atoms with Gasteiger partial charge in [0, 0.05) is 46.3 Å². The van der Waals surface area contributed by atoms with Crippen molar-refractivity contribution in [2.24, 2.45) is 10.9 Å². The first kappa shape index (κ1) is 19.8. The summed E-state index contributed by atoms with van der Waals surface area (Å²) in [4.78, 5) is 9.34. The highest BCUT2D eigenvalue weighted by atomic mass is 16.5. The van der Waals surface area contributed by atoms with E-state index in [1.807, 2.05) is 13.1 Å². The summed E-state index contributed by atoms with van der Waals surface area (Å²) >= 11 is 0. The molecule has 0 amide bonds. The number of rotatable bonds is 8. The number of aliphatic imine (C=N–C) groups is 1. The summed E-state index contributed by atoms with van der Waals surface area (Å²) in [5.41, 5.74) is 1.25. The lowest BCUT2D eigenvalue weighted by Gasteiger charge is -2.36. The zero-order valence-electron chi connectivity index (χ0n) is 17.0. The van der Waals surface area contributed by atoms with E-state index in [1.165, 1.54) is 31.2 Å². The van der Waals surface area contributed by atoms with Crippen molar-refractivity contribution < 1.29 is 9.47 Å². The summed E-state index contributed by atoms with van der Waals surface area (Å²) in [5, 5.41) is 3.54. The summed E-state index contributed by atoms with van der Waals surface area (Å²) in [6, 6.07) is 6.18. The average Bonchev–Trinajstić information content (AvgIpc) is 3.53. The number of nitrogens with zero attached hydrogens (tertiary/aromatic N) is 3. The van der Waals surface area contributed by atoms with Crippen molar-refractivity contribution in [3.8, 4) is 11.5 Å². The zero-order chi connectivity index (χ0) is 19.1. The molecule has 1 aromatic carbocycles. The van der Waals surface area contributed by atoms with Crippen LogP contribution in [0.25, 0.3) is 0 Å². The predicted octanol–water partition coefficient (Wildman–Crippen LogP) is 2.59. The van der Waals surface area contributed by atoms with Crippen LogP contribution in [0.5, 0.6) is 11.5 Å². The van der Waals surface area contributed by atoms with Crippen LogP contribution < -0.4 is 14.8 Å². The van der Waals surface area contributed by atoms with Crippen molar-refractivity contribution in [3.63, 3.8) is 0 Å². The van der Waals surface area contributed by atoms with Crippen molar-refractivity contribution in [1.29, 1.82) is 0 Å². The van der Waals surface area contributed by atoms with E-state index < -0.39 is 0 Å². The Morgan fingerprint density at radius 1 is 1.11 bits per heavy atom. The third-order valence-corrected chi connectivity index (χ3v) is 5.51. The van der Waals surface area contributed by atoms with Gasteiger partial charge in [0.15, 0.2) is 17.5 Å². The van der Waals surface area contributed by atoms with Crippen LogP contribution in [0.1, 0.15) is 31.2 Å². The van der Waals surface area contributed by atoms with Crippen molar-refractivity contribution in [3.05, 3.63) is 23.8 Å². The summed E-state index contributed by atoms with van der Waals surface area (Å²) < 4.78 is 10.7. The number of guanidine groups is 1. The van der Waals surface area contributed by atoms with Crippen LogP contribution in [-0.4, -0.2) is 69.8 Å². The highest BCUT2D eigenvalue weighted by Crippen LogP contribution is 2.33. The fourth-order valence-electron chi connectivity index (χ4n) is 3.68. The SMILES string of the molecule is CN=C(NCCCC1CC1)N1CCN(Cc2ccc(OC)c(OC)c2)CC1. The van der Waals surface area contributed by atoms with E-state index in [0.29, 0.717) is 0 Å². The molecule has 6 heteroatoms. The molecular weight excluding hydrogens is 340 g/mol. The first-order valence-electron chi connectivity index (χ1n) is 10.1. The number of hydrogen-bond donors (Lipinski definition) is 1. The fourth-order valence-corrected chi connectivity index (χ4v) is 3.68. The molecule has 3 rings (SSSR count). The smallest absolute Gasteiger partial charge is 0.193 e. The minimum absolute atomic E-state index is 0.780. The second-order valence-corrected chi connectivity index (χ2v) is 7.51. The van der Waals surface area contributed by atoms with Gasteiger partial charge >= 0.3 is 0 Å². The van der Waals surface area contributed by atoms with Gasteiger partial charge in [0.1, 0.15) is 0 Å². The molecule has 2 fully saturated rings. The Balaban J connectivity index is 1.43. The van der Waals surface area contributed by atoms with Gasteiger partial charge in [-0.15, -0.1) is 0 Å². The summed E-state index contributed by atoms with van der Waals surface area (Å²) in [5.74, 6) is 3.64. The molecule has 0 spiro atoms. The molecule has 1 N–H and O–H groups in total. The van der Waals surface area contributed by atoms with E-state index in [4.69, 9.17) is 9.47 Å². The van der Waals surface area contributed by atoms with Gasteiger partial charge in [-0.05, 0) is 36.5 Å². The Labute approximate surface area is 163 Å². The Kier molecular flexibility index (Phi) is 7.21. The van der Waals surface area contributed by atoms with E-state index in [0.717, 1.165) is 62.6 Å². The topological polar surface area (TPSA) is 49.3 Å². The van der Waals surface area contributed by atoms with E-state index in [9.17, 15) is 0 Å². The molecule has 1 aliphatic heterocycles. The second-order valence-electron chi connectivity index (χ2n) is 7.51. The van der Waals surface area contributed by atoms with E-state index in [-0.39, 0.29) is 0 Å². The molecule has 1 heterocycles. The van der Waals surface area contributed by atoms with Crippen molar-refractivity contribution >= 4 is 5.96 Å². The number of benzene rings is 1. The Bertz CT molecular complexity index is 623. The minimum atomic E-state index is 0.780. The van der Waals surface area contributed by atoms with Crippen molar-refractivity contribution in [1.82, 2.24) is 15.1 Å². The number of ether oxygens (including phenoxy) is 2. The molecule has 1 aliphatic carbocycles.